The van der Waals surface area contributed by atoms with Gasteiger partial charge in [-0.1, -0.05) is 40.5 Å². The van der Waals surface area contributed by atoms with Gasteiger partial charge in [0.05, 0.1) is 20.3 Å². The van der Waals surface area contributed by atoms with E-state index in [1.807, 2.05) is 0 Å². The molecule has 1 aromatic carbocycles. The summed E-state index contributed by atoms with van der Waals surface area (Å²) in [5, 5.41) is 0. The highest BCUT2D eigenvalue weighted by molar-refractivity contribution is 5.80. The number of methoxy groups -OCH3 is 2. The molecule has 146 valence electrons. The van der Waals surface area contributed by atoms with Crippen LogP contribution in [-0.4, -0.2) is 31.6 Å². The van der Waals surface area contributed by atoms with Gasteiger partial charge >= 0.3 is 0 Å². The van der Waals surface area contributed by atoms with Crippen LogP contribution in [-0.2, 0) is 11.2 Å². The molecular weight excluding hydrogens is 326 g/mol. The third-order valence-electron chi connectivity index (χ3n) is 5.58. The summed E-state index contributed by atoms with van der Waals surface area (Å²) in [7, 11) is 3.33. The second kappa shape index (κ2) is 9.29. The Kier molecular flexibility index (Phi) is 7.36. The SMILES string of the molecule is CCCC[C@H](CC)C(=O)N1CCc2cc(OC)c(OC)cc2[C@@H]1C(C)C. The van der Waals surface area contributed by atoms with E-state index in [0.29, 0.717) is 11.8 Å². The quantitative estimate of drug-likeness (QED) is 0.654. The molecule has 1 aliphatic heterocycles. The van der Waals surface area contributed by atoms with E-state index in [1.165, 1.54) is 11.1 Å². The van der Waals surface area contributed by atoms with Crippen LogP contribution in [0, 0.1) is 11.8 Å². The molecule has 0 saturated carbocycles. The maximum atomic E-state index is 13.3. The molecule has 2 atom stereocenters. The van der Waals surface area contributed by atoms with Crippen LogP contribution >= 0.6 is 0 Å². The van der Waals surface area contributed by atoms with Crippen molar-refractivity contribution in [2.24, 2.45) is 11.8 Å². The van der Waals surface area contributed by atoms with Crippen LogP contribution in [0.3, 0.4) is 0 Å². The molecule has 0 fully saturated rings. The van der Waals surface area contributed by atoms with Gasteiger partial charge in [-0.2, -0.15) is 0 Å². The topological polar surface area (TPSA) is 38.8 Å². The predicted molar refractivity (Wildman–Crippen MR) is 106 cm³/mol. The highest BCUT2D eigenvalue weighted by Crippen LogP contribution is 2.41. The average molecular weight is 362 g/mol. The number of nitrogens with zero attached hydrogens (tertiary/aromatic N) is 1. The molecule has 1 aliphatic rings. The van der Waals surface area contributed by atoms with E-state index in [9.17, 15) is 4.79 Å². The van der Waals surface area contributed by atoms with Crippen molar-refractivity contribution in [3.05, 3.63) is 23.3 Å². The summed E-state index contributed by atoms with van der Waals surface area (Å²) in [6, 6.07) is 4.26. The maximum Gasteiger partial charge on any atom is 0.226 e. The normalized spacial score (nSPS) is 17.8. The molecule has 1 aromatic rings. The first-order valence-electron chi connectivity index (χ1n) is 10.0. The largest absolute Gasteiger partial charge is 0.493 e. The monoisotopic (exact) mass is 361 g/mol. The number of benzene rings is 1. The minimum absolute atomic E-state index is 0.0988. The van der Waals surface area contributed by atoms with Crippen LogP contribution in [0.5, 0.6) is 11.5 Å². The predicted octanol–water partition coefficient (Wildman–Crippen LogP) is 5.00. The lowest BCUT2D eigenvalue weighted by Crippen LogP contribution is -2.45. The smallest absolute Gasteiger partial charge is 0.226 e. The Morgan fingerprint density at radius 3 is 2.38 bits per heavy atom. The highest BCUT2D eigenvalue weighted by Gasteiger charge is 2.36. The Bertz CT molecular complexity index is 612. The lowest BCUT2D eigenvalue weighted by atomic mass is 9.84. The fourth-order valence-corrected chi connectivity index (χ4v) is 4.13. The van der Waals surface area contributed by atoms with Gasteiger partial charge < -0.3 is 14.4 Å². The van der Waals surface area contributed by atoms with Crippen LogP contribution in [0.4, 0.5) is 0 Å². The Morgan fingerprint density at radius 1 is 1.19 bits per heavy atom. The summed E-state index contributed by atoms with van der Waals surface area (Å²) in [4.78, 5) is 15.4. The number of carbonyl (C=O) groups is 1. The molecule has 4 nitrogen and oxygen atoms in total. The summed E-state index contributed by atoms with van der Waals surface area (Å²) < 4.78 is 11.0. The standard InChI is InChI=1S/C22H35NO3/c1-7-9-10-16(8-2)22(24)23-12-11-17-13-19(25-5)20(26-6)14-18(17)21(23)15(3)4/h13-16,21H,7-12H2,1-6H3/t16-,21-/m0/s1. The van der Waals surface area contributed by atoms with Crippen LogP contribution in [0.2, 0.25) is 0 Å². The number of carbonyl (C=O) groups excluding carboxylic acids is 1. The van der Waals surface area contributed by atoms with Gasteiger partial charge in [0, 0.05) is 12.5 Å². The fourth-order valence-electron chi connectivity index (χ4n) is 4.13. The summed E-state index contributed by atoms with van der Waals surface area (Å²) in [6.45, 7) is 9.50. The van der Waals surface area contributed by atoms with Crippen LogP contribution < -0.4 is 9.47 Å². The Labute approximate surface area is 158 Å². The first-order valence-corrected chi connectivity index (χ1v) is 10.0. The van der Waals surface area contributed by atoms with Gasteiger partial charge in [0.1, 0.15) is 0 Å². The summed E-state index contributed by atoms with van der Waals surface area (Å²) in [6.07, 6.45) is 5.03. The van der Waals surface area contributed by atoms with Crippen molar-refractivity contribution in [2.75, 3.05) is 20.8 Å². The van der Waals surface area contributed by atoms with E-state index in [4.69, 9.17) is 9.47 Å². The third-order valence-corrected chi connectivity index (χ3v) is 5.58. The molecule has 1 heterocycles. The molecular formula is C22H35NO3. The van der Waals surface area contributed by atoms with Crippen molar-refractivity contribution in [3.63, 3.8) is 0 Å². The zero-order valence-corrected chi connectivity index (χ0v) is 17.3. The first-order chi connectivity index (χ1) is 12.5. The van der Waals surface area contributed by atoms with Crippen LogP contribution in [0.15, 0.2) is 12.1 Å². The number of fused-ring (bicyclic) bond motifs is 1. The number of hydrogen-bond acceptors (Lipinski definition) is 3. The van der Waals surface area contributed by atoms with E-state index < -0.39 is 0 Å². The molecule has 1 amide bonds. The molecule has 26 heavy (non-hydrogen) atoms. The maximum absolute atomic E-state index is 13.3. The minimum atomic E-state index is 0.0988. The molecule has 0 saturated heterocycles. The van der Waals surface area contributed by atoms with E-state index in [-0.39, 0.29) is 12.0 Å². The van der Waals surface area contributed by atoms with Crippen LogP contribution in [0.25, 0.3) is 0 Å². The summed E-state index contributed by atoms with van der Waals surface area (Å²) >= 11 is 0. The fraction of sp³-hybridized carbons (Fsp3) is 0.682. The number of unbranched alkanes of at least 4 members (excludes halogenated alkanes) is 1. The lowest BCUT2D eigenvalue weighted by molar-refractivity contribution is -0.140. The second-order valence-electron chi connectivity index (χ2n) is 7.62. The Hall–Kier alpha value is -1.71. The van der Waals surface area contributed by atoms with Gasteiger partial charge in [-0.3, -0.25) is 4.79 Å². The van der Waals surface area contributed by atoms with Crippen molar-refractivity contribution in [1.29, 1.82) is 0 Å². The van der Waals surface area contributed by atoms with Gasteiger partial charge in [0.15, 0.2) is 11.5 Å². The Morgan fingerprint density at radius 2 is 1.85 bits per heavy atom. The van der Waals surface area contributed by atoms with E-state index in [1.54, 1.807) is 14.2 Å². The average Bonchev–Trinajstić information content (AvgIpc) is 2.65. The number of rotatable bonds is 8. The van der Waals surface area contributed by atoms with Crippen molar-refractivity contribution < 1.29 is 14.3 Å². The number of ether oxygens (including phenoxy) is 2. The molecule has 0 aromatic heterocycles. The first kappa shape index (κ1) is 20.6. The molecule has 0 N–H and O–H groups in total. The molecule has 4 heteroatoms. The molecule has 2 rings (SSSR count). The summed E-state index contributed by atoms with van der Waals surface area (Å²) in [5.41, 5.74) is 2.48. The van der Waals surface area contributed by atoms with E-state index >= 15 is 0 Å². The van der Waals surface area contributed by atoms with E-state index in [0.717, 1.165) is 50.1 Å². The lowest BCUT2D eigenvalue weighted by Gasteiger charge is -2.41. The van der Waals surface area contributed by atoms with Gasteiger partial charge in [0.2, 0.25) is 5.91 Å². The van der Waals surface area contributed by atoms with Crippen LogP contribution in [0.1, 0.15) is 70.5 Å². The van der Waals surface area contributed by atoms with E-state index in [2.05, 4.69) is 44.7 Å². The third kappa shape index (κ3) is 4.16. The zero-order valence-electron chi connectivity index (χ0n) is 17.3. The molecule has 0 radical (unpaired) electrons. The zero-order chi connectivity index (χ0) is 19.3. The number of hydrogen-bond donors (Lipinski definition) is 0. The van der Waals surface area contributed by atoms with Gasteiger partial charge in [-0.05, 0) is 48.4 Å². The molecule has 0 aliphatic carbocycles. The second-order valence-corrected chi connectivity index (χ2v) is 7.62. The summed E-state index contributed by atoms with van der Waals surface area (Å²) in [5.74, 6) is 2.31. The Balaban J connectivity index is 2.38. The van der Waals surface area contributed by atoms with Crippen molar-refractivity contribution >= 4 is 5.91 Å². The van der Waals surface area contributed by atoms with Crippen molar-refractivity contribution in [1.82, 2.24) is 4.90 Å². The highest BCUT2D eigenvalue weighted by atomic mass is 16.5. The molecule has 0 unspecified atom stereocenters. The number of amides is 1. The van der Waals surface area contributed by atoms with Crippen molar-refractivity contribution in [2.45, 2.75) is 65.8 Å². The molecule has 0 bridgehead atoms. The molecule has 0 spiro atoms. The van der Waals surface area contributed by atoms with Crippen molar-refractivity contribution in [3.8, 4) is 11.5 Å². The van der Waals surface area contributed by atoms with Gasteiger partial charge in [-0.25, -0.2) is 0 Å². The minimum Gasteiger partial charge on any atom is -0.493 e. The van der Waals surface area contributed by atoms with Gasteiger partial charge in [-0.15, -0.1) is 0 Å². The van der Waals surface area contributed by atoms with Gasteiger partial charge in [0.25, 0.3) is 0 Å².